The van der Waals surface area contributed by atoms with Crippen LogP contribution < -0.4 is 20.4 Å². The van der Waals surface area contributed by atoms with Crippen LogP contribution in [-0.2, 0) is 6.42 Å². The number of nitrogens with one attached hydrogen (secondary N) is 3. The van der Waals surface area contributed by atoms with Crippen molar-refractivity contribution >= 4 is 28.5 Å². The lowest BCUT2D eigenvalue weighted by molar-refractivity contribution is 0.745. The quantitative estimate of drug-likeness (QED) is 0.689. The Balaban J connectivity index is 0.000000194. The van der Waals surface area contributed by atoms with Crippen molar-refractivity contribution in [2.24, 2.45) is 0 Å². The fourth-order valence-electron chi connectivity index (χ4n) is 3.40. The van der Waals surface area contributed by atoms with Crippen LogP contribution in [0.4, 0.5) is 22.7 Å². The predicted molar refractivity (Wildman–Crippen MR) is 120 cm³/mol. The molecule has 0 atom stereocenters. The average Bonchev–Trinajstić information content (AvgIpc) is 2.67. The molecule has 0 radical (unpaired) electrons. The number of nitrogens with zero attached hydrogens (tertiary/aromatic N) is 2. The lowest BCUT2D eigenvalue weighted by Crippen LogP contribution is -2.24. The van der Waals surface area contributed by atoms with Crippen LogP contribution in [0.3, 0.4) is 0 Å². The molecular formula is C22H33N5. The average molecular weight is 368 g/mol. The standard InChI is InChI=1S/C11H17N3.C11H16N2/c1-9(12)8-14(3)11-7-5-4-6-10(11)13-2;1-12-10-5-6-11-9(8-10)4-3-7-13(11)2/h4-7,12-13H,8H2,1-3H3;5-6,8,12H,3-4,7H2,1-2H3. The normalized spacial score (nSPS) is 12.4. The van der Waals surface area contributed by atoms with E-state index >= 15 is 0 Å². The van der Waals surface area contributed by atoms with Gasteiger partial charge in [-0.15, -0.1) is 0 Å². The van der Waals surface area contributed by atoms with E-state index in [2.05, 4.69) is 51.7 Å². The largest absolute Gasteiger partial charge is 0.388 e. The Hall–Kier alpha value is -2.69. The van der Waals surface area contributed by atoms with Crippen molar-refractivity contribution in [2.75, 3.05) is 61.7 Å². The van der Waals surface area contributed by atoms with Crippen LogP contribution in [-0.4, -0.2) is 47.0 Å². The third-order valence-electron chi connectivity index (χ3n) is 4.78. The van der Waals surface area contributed by atoms with E-state index in [0.29, 0.717) is 12.3 Å². The first-order chi connectivity index (χ1) is 13.0. The highest BCUT2D eigenvalue weighted by Gasteiger charge is 2.12. The smallest absolute Gasteiger partial charge is 0.0602 e. The fraction of sp³-hybridized carbons (Fsp3) is 0.409. The predicted octanol–water partition coefficient (Wildman–Crippen LogP) is 4.31. The summed E-state index contributed by atoms with van der Waals surface area (Å²) in [5.74, 6) is 0. The topological polar surface area (TPSA) is 54.4 Å². The Labute approximate surface area is 163 Å². The summed E-state index contributed by atoms with van der Waals surface area (Å²) < 4.78 is 0. The van der Waals surface area contributed by atoms with Crippen molar-refractivity contribution in [3.63, 3.8) is 0 Å². The van der Waals surface area contributed by atoms with E-state index in [0.717, 1.165) is 11.4 Å². The van der Waals surface area contributed by atoms with Crippen molar-refractivity contribution in [3.8, 4) is 0 Å². The van der Waals surface area contributed by atoms with Crippen LogP contribution in [0.2, 0.25) is 0 Å². The highest BCUT2D eigenvalue weighted by atomic mass is 15.1. The molecule has 3 N–H and O–H groups in total. The molecule has 27 heavy (non-hydrogen) atoms. The van der Waals surface area contributed by atoms with Gasteiger partial charge in [-0.05, 0) is 55.7 Å². The van der Waals surface area contributed by atoms with Gasteiger partial charge in [-0.2, -0.15) is 0 Å². The van der Waals surface area contributed by atoms with Gasteiger partial charge in [0.2, 0.25) is 0 Å². The number of rotatable bonds is 5. The van der Waals surface area contributed by atoms with Gasteiger partial charge >= 0.3 is 0 Å². The molecule has 1 aliphatic rings. The number of anilines is 4. The summed E-state index contributed by atoms with van der Waals surface area (Å²) >= 11 is 0. The van der Waals surface area contributed by atoms with Crippen molar-refractivity contribution in [3.05, 3.63) is 48.0 Å². The maximum absolute atomic E-state index is 7.44. The molecule has 146 valence electrons. The van der Waals surface area contributed by atoms with Gasteiger partial charge in [0.1, 0.15) is 0 Å². The number of fused-ring (bicyclic) bond motifs is 1. The zero-order chi connectivity index (χ0) is 19.8. The molecule has 1 aliphatic heterocycles. The summed E-state index contributed by atoms with van der Waals surface area (Å²) in [6, 6.07) is 14.7. The molecule has 5 nitrogen and oxygen atoms in total. The van der Waals surface area contributed by atoms with Gasteiger partial charge in [-0.25, -0.2) is 0 Å². The second kappa shape index (κ2) is 9.86. The lowest BCUT2D eigenvalue weighted by atomic mass is 10.0. The van der Waals surface area contributed by atoms with Gasteiger partial charge in [-0.1, -0.05) is 12.1 Å². The molecule has 0 aromatic heterocycles. The van der Waals surface area contributed by atoms with E-state index in [4.69, 9.17) is 5.41 Å². The molecule has 1 heterocycles. The minimum atomic E-state index is 0.665. The van der Waals surface area contributed by atoms with Crippen molar-refractivity contribution < 1.29 is 0 Å². The highest BCUT2D eigenvalue weighted by Crippen LogP contribution is 2.28. The van der Waals surface area contributed by atoms with Gasteiger partial charge < -0.3 is 25.8 Å². The third-order valence-corrected chi connectivity index (χ3v) is 4.78. The van der Waals surface area contributed by atoms with Crippen LogP contribution in [0.15, 0.2) is 42.5 Å². The van der Waals surface area contributed by atoms with Crippen LogP contribution in [0.5, 0.6) is 0 Å². The first kappa shape index (κ1) is 20.6. The highest BCUT2D eigenvalue weighted by molar-refractivity contribution is 5.85. The van der Waals surface area contributed by atoms with Crippen molar-refractivity contribution in [2.45, 2.75) is 19.8 Å². The Morgan fingerprint density at radius 3 is 2.56 bits per heavy atom. The number of hydrogen-bond acceptors (Lipinski definition) is 5. The van der Waals surface area contributed by atoms with Gasteiger partial charge in [0.15, 0.2) is 0 Å². The molecule has 0 fully saturated rings. The third kappa shape index (κ3) is 5.64. The van der Waals surface area contributed by atoms with Crippen LogP contribution in [0, 0.1) is 5.41 Å². The van der Waals surface area contributed by atoms with Crippen molar-refractivity contribution in [1.82, 2.24) is 0 Å². The Kier molecular flexibility index (Phi) is 7.53. The number of benzene rings is 2. The summed E-state index contributed by atoms with van der Waals surface area (Å²) in [4.78, 5) is 4.40. The number of hydrogen-bond donors (Lipinski definition) is 3. The molecular weight excluding hydrogens is 334 g/mol. The Bertz CT molecular complexity index is 756. The number of aryl methyl sites for hydroxylation is 1. The molecule has 3 rings (SSSR count). The van der Waals surface area contributed by atoms with Crippen LogP contribution in [0.1, 0.15) is 18.9 Å². The van der Waals surface area contributed by atoms with E-state index in [9.17, 15) is 0 Å². The minimum absolute atomic E-state index is 0.665. The minimum Gasteiger partial charge on any atom is -0.388 e. The maximum Gasteiger partial charge on any atom is 0.0602 e. The maximum atomic E-state index is 7.44. The van der Waals surface area contributed by atoms with E-state index in [1.807, 2.05) is 46.3 Å². The molecule has 0 saturated heterocycles. The molecule has 0 aliphatic carbocycles. The van der Waals surface area contributed by atoms with Gasteiger partial charge in [-0.3, -0.25) is 0 Å². The van der Waals surface area contributed by atoms with E-state index in [-0.39, 0.29) is 0 Å². The molecule has 5 heteroatoms. The zero-order valence-electron chi connectivity index (χ0n) is 17.3. The summed E-state index contributed by atoms with van der Waals surface area (Å²) in [6.45, 7) is 3.67. The van der Waals surface area contributed by atoms with Gasteiger partial charge in [0.25, 0.3) is 0 Å². The number of para-hydroxylation sites is 2. The first-order valence-corrected chi connectivity index (χ1v) is 9.50. The van der Waals surface area contributed by atoms with Crippen molar-refractivity contribution in [1.29, 1.82) is 5.41 Å². The second-order valence-corrected chi connectivity index (χ2v) is 7.02. The van der Waals surface area contributed by atoms with Crippen LogP contribution in [0.25, 0.3) is 0 Å². The molecule has 0 bridgehead atoms. The summed E-state index contributed by atoms with van der Waals surface area (Å²) in [6.07, 6.45) is 2.49. The monoisotopic (exact) mass is 367 g/mol. The molecule has 0 amide bonds. The SMILES string of the molecule is CNc1ccc2c(c1)CCCN2C.CNc1ccccc1N(C)CC(C)=N. The molecule has 0 unspecified atom stereocenters. The zero-order valence-corrected chi connectivity index (χ0v) is 17.3. The fourth-order valence-corrected chi connectivity index (χ4v) is 3.40. The summed E-state index contributed by atoms with van der Waals surface area (Å²) in [5.41, 5.74) is 6.97. The molecule has 0 saturated carbocycles. The lowest BCUT2D eigenvalue weighted by Gasteiger charge is -2.27. The molecule has 2 aromatic carbocycles. The van der Waals surface area contributed by atoms with Gasteiger partial charge in [0, 0.05) is 51.8 Å². The first-order valence-electron chi connectivity index (χ1n) is 9.50. The molecule has 0 spiro atoms. The summed E-state index contributed by atoms with van der Waals surface area (Å²) in [5, 5.41) is 13.8. The Morgan fingerprint density at radius 1 is 1.15 bits per heavy atom. The second-order valence-electron chi connectivity index (χ2n) is 7.02. The van der Waals surface area contributed by atoms with Crippen LogP contribution >= 0.6 is 0 Å². The van der Waals surface area contributed by atoms with Gasteiger partial charge in [0.05, 0.1) is 17.9 Å². The Morgan fingerprint density at radius 2 is 1.89 bits per heavy atom. The summed E-state index contributed by atoms with van der Waals surface area (Å²) in [7, 11) is 8.03. The van der Waals surface area contributed by atoms with E-state index in [1.54, 1.807) is 0 Å². The van der Waals surface area contributed by atoms with E-state index in [1.165, 1.54) is 36.3 Å². The molecule has 2 aromatic rings. The van der Waals surface area contributed by atoms with E-state index < -0.39 is 0 Å².